The van der Waals surface area contributed by atoms with Crippen LogP contribution in [0.2, 0.25) is 0 Å². The number of hydrogen-bond donors (Lipinski definition) is 0. The van der Waals surface area contributed by atoms with Gasteiger partial charge in [0, 0.05) is 33.4 Å². The second-order valence-corrected chi connectivity index (χ2v) is 14.6. The van der Waals surface area contributed by atoms with Crippen molar-refractivity contribution in [2.75, 3.05) is 0 Å². The molecule has 0 aliphatic carbocycles. The van der Waals surface area contributed by atoms with E-state index in [9.17, 15) is 0 Å². The highest BCUT2D eigenvalue weighted by atomic mass is 15.0. The Morgan fingerprint density at radius 3 is 0.800 bits per heavy atom. The largest absolute Gasteiger partial charge is 0.228 e. The minimum atomic E-state index is 0.612. The highest BCUT2D eigenvalue weighted by Gasteiger charge is 2.16. The molecule has 0 spiro atoms. The first-order valence-electron chi connectivity index (χ1n) is 20.0. The first-order valence-corrected chi connectivity index (χ1v) is 20.0. The van der Waals surface area contributed by atoms with Gasteiger partial charge in [-0.1, -0.05) is 194 Å². The number of hydrogen-bond acceptors (Lipinski definition) is 5. The van der Waals surface area contributed by atoms with E-state index >= 15 is 0 Å². The quantitative estimate of drug-likeness (QED) is 0.146. The molecule has 0 aliphatic heterocycles. The van der Waals surface area contributed by atoms with E-state index in [0.29, 0.717) is 23.3 Å². The molecule has 2 aromatic heterocycles. The van der Waals surface area contributed by atoms with Gasteiger partial charge < -0.3 is 0 Å². The van der Waals surface area contributed by atoms with Crippen LogP contribution in [0.3, 0.4) is 0 Å². The SMILES string of the molecule is c1ccc(-c2cccc(-c3cc(-c4cccc(-c5cccc(-c6nc(-c7ccccc7)nc(-c7ccccc7)n6)c5)c4)nc(-c4cccc(-c5ccccc5)c4)n3)c2)cc1. The summed E-state index contributed by atoms with van der Waals surface area (Å²) < 4.78 is 0. The van der Waals surface area contributed by atoms with Crippen LogP contribution in [0.1, 0.15) is 0 Å². The van der Waals surface area contributed by atoms with Gasteiger partial charge in [0.2, 0.25) is 0 Å². The molecule has 5 nitrogen and oxygen atoms in total. The zero-order valence-electron chi connectivity index (χ0n) is 32.6. The van der Waals surface area contributed by atoms with Crippen LogP contribution < -0.4 is 0 Å². The van der Waals surface area contributed by atoms with E-state index in [1.807, 2.05) is 72.8 Å². The van der Waals surface area contributed by atoms with Crippen LogP contribution in [-0.4, -0.2) is 24.9 Å². The van der Waals surface area contributed by atoms with Crippen molar-refractivity contribution in [1.82, 2.24) is 24.9 Å². The van der Waals surface area contributed by atoms with Crippen LogP contribution in [0.25, 0.3) is 101 Å². The molecule has 0 bridgehead atoms. The lowest BCUT2D eigenvalue weighted by atomic mass is 9.98. The van der Waals surface area contributed by atoms with Gasteiger partial charge in [-0.2, -0.15) is 0 Å². The average Bonchev–Trinajstić information content (AvgIpc) is 3.35. The molecule has 0 atom stereocenters. The van der Waals surface area contributed by atoms with Crippen molar-refractivity contribution >= 4 is 0 Å². The molecule has 10 rings (SSSR count). The van der Waals surface area contributed by atoms with E-state index in [-0.39, 0.29) is 0 Å². The van der Waals surface area contributed by atoms with Gasteiger partial charge in [0.1, 0.15) is 0 Å². The lowest BCUT2D eigenvalue weighted by Crippen LogP contribution is -2.00. The highest BCUT2D eigenvalue weighted by Crippen LogP contribution is 2.34. The molecule has 2 heterocycles. The van der Waals surface area contributed by atoms with E-state index in [1.165, 1.54) is 0 Å². The van der Waals surface area contributed by atoms with Crippen molar-refractivity contribution in [2.24, 2.45) is 0 Å². The molecule has 0 unspecified atom stereocenters. The van der Waals surface area contributed by atoms with Gasteiger partial charge >= 0.3 is 0 Å². The van der Waals surface area contributed by atoms with Gasteiger partial charge in [-0.05, 0) is 63.7 Å². The number of aromatic nitrogens is 5. The van der Waals surface area contributed by atoms with Crippen LogP contribution in [0.5, 0.6) is 0 Å². The fourth-order valence-corrected chi connectivity index (χ4v) is 7.46. The summed E-state index contributed by atoms with van der Waals surface area (Å²) in [6.45, 7) is 0. The Labute approximate surface area is 349 Å². The number of benzene rings is 8. The van der Waals surface area contributed by atoms with Crippen LogP contribution in [-0.2, 0) is 0 Å². The predicted octanol–water partition coefficient (Wildman–Crippen LogP) is 13.7. The third-order valence-corrected chi connectivity index (χ3v) is 10.5. The molecule has 282 valence electrons. The summed E-state index contributed by atoms with van der Waals surface area (Å²) in [5.74, 6) is 2.54. The number of nitrogens with zero attached hydrogens (tertiary/aromatic N) is 5. The fraction of sp³-hybridized carbons (Fsp3) is 0. The maximum absolute atomic E-state index is 5.25. The van der Waals surface area contributed by atoms with Crippen LogP contribution in [0.4, 0.5) is 0 Å². The number of rotatable bonds is 9. The van der Waals surface area contributed by atoms with Crippen LogP contribution in [0.15, 0.2) is 224 Å². The van der Waals surface area contributed by atoms with Crippen molar-refractivity contribution < 1.29 is 0 Å². The topological polar surface area (TPSA) is 64.5 Å². The Morgan fingerprint density at radius 2 is 0.417 bits per heavy atom. The van der Waals surface area contributed by atoms with Crippen molar-refractivity contribution in [3.63, 3.8) is 0 Å². The van der Waals surface area contributed by atoms with Gasteiger partial charge in [0.25, 0.3) is 0 Å². The van der Waals surface area contributed by atoms with E-state index in [2.05, 4.69) is 152 Å². The Hall–Kier alpha value is -8.15. The maximum atomic E-state index is 5.25. The van der Waals surface area contributed by atoms with Crippen molar-refractivity contribution in [3.05, 3.63) is 224 Å². The molecule has 5 heteroatoms. The first kappa shape index (κ1) is 36.2. The second kappa shape index (κ2) is 16.4. The molecule has 60 heavy (non-hydrogen) atoms. The molecule has 0 amide bonds. The van der Waals surface area contributed by atoms with Gasteiger partial charge in [-0.25, -0.2) is 24.9 Å². The van der Waals surface area contributed by atoms with Gasteiger partial charge in [-0.15, -0.1) is 0 Å². The zero-order valence-corrected chi connectivity index (χ0v) is 32.6. The first-order chi connectivity index (χ1) is 29.7. The van der Waals surface area contributed by atoms with Gasteiger partial charge in [-0.3, -0.25) is 0 Å². The summed E-state index contributed by atoms with van der Waals surface area (Å²) >= 11 is 0. The van der Waals surface area contributed by atoms with E-state index in [1.54, 1.807) is 0 Å². The second-order valence-electron chi connectivity index (χ2n) is 14.6. The maximum Gasteiger partial charge on any atom is 0.164 e. The van der Waals surface area contributed by atoms with Crippen molar-refractivity contribution in [2.45, 2.75) is 0 Å². The summed E-state index contributed by atoms with van der Waals surface area (Å²) in [4.78, 5) is 25.3. The molecule has 0 N–H and O–H groups in total. The van der Waals surface area contributed by atoms with E-state index in [0.717, 1.165) is 78.1 Å². The minimum absolute atomic E-state index is 0.612. The molecule has 0 saturated carbocycles. The lowest BCUT2D eigenvalue weighted by molar-refractivity contribution is 1.07. The minimum Gasteiger partial charge on any atom is -0.228 e. The van der Waals surface area contributed by atoms with Gasteiger partial charge in [0.05, 0.1) is 11.4 Å². The van der Waals surface area contributed by atoms with Crippen LogP contribution >= 0.6 is 0 Å². The Balaban J connectivity index is 1.07. The zero-order chi connectivity index (χ0) is 40.1. The standard InChI is InChI=1S/C55H37N5/c1-5-17-38(18-6-1)42-25-13-29-46(33-42)50-37-51(57-54(56-50)48-31-15-26-43(35-48)39-19-7-2-8-20-39)47-30-14-27-44(34-47)45-28-16-32-49(36-45)55-59-52(40-21-9-3-10-22-40)58-53(60-55)41-23-11-4-12-24-41/h1-37H. The summed E-state index contributed by atoms with van der Waals surface area (Å²) in [6.07, 6.45) is 0. The smallest absolute Gasteiger partial charge is 0.164 e. The molecule has 8 aromatic carbocycles. The summed E-state index contributed by atoms with van der Waals surface area (Å²) in [7, 11) is 0. The molecule has 0 aliphatic rings. The fourth-order valence-electron chi connectivity index (χ4n) is 7.46. The van der Waals surface area contributed by atoms with Gasteiger partial charge in [0.15, 0.2) is 23.3 Å². The molecule has 0 saturated heterocycles. The van der Waals surface area contributed by atoms with Crippen molar-refractivity contribution in [3.8, 4) is 101 Å². The van der Waals surface area contributed by atoms with Crippen LogP contribution in [0, 0.1) is 0 Å². The lowest BCUT2D eigenvalue weighted by Gasteiger charge is -2.13. The third-order valence-electron chi connectivity index (χ3n) is 10.5. The molecule has 0 fully saturated rings. The van der Waals surface area contributed by atoms with E-state index < -0.39 is 0 Å². The molecule has 0 radical (unpaired) electrons. The predicted molar refractivity (Wildman–Crippen MR) is 244 cm³/mol. The molecule has 10 aromatic rings. The molecular formula is C55H37N5. The Kier molecular flexibility index (Phi) is 9.88. The normalized spacial score (nSPS) is 11.0. The summed E-state index contributed by atoms with van der Waals surface area (Å²) in [5, 5.41) is 0. The van der Waals surface area contributed by atoms with E-state index in [4.69, 9.17) is 24.9 Å². The third kappa shape index (κ3) is 7.76. The Morgan fingerprint density at radius 1 is 0.167 bits per heavy atom. The summed E-state index contributed by atoms with van der Waals surface area (Å²) in [5.41, 5.74) is 14.0. The monoisotopic (exact) mass is 767 g/mol. The summed E-state index contributed by atoms with van der Waals surface area (Å²) in [6, 6.07) is 77.1. The Bertz CT molecular complexity index is 2920. The highest BCUT2D eigenvalue weighted by molar-refractivity contribution is 5.80. The van der Waals surface area contributed by atoms with Crippen molar-refractivity contribution in [1.29, 1.82) is 0 Å². The average molecular weight is 768 g/mol. The molecular weight excluding hydrogens is 731 g/mol.